The Morgan fingerprint density at radius 2 is 2.30 bits per heavy atom. The standard InChI is InChI=1S/C14H16N2O3S/c1-8(6-19-2)14-16-11(7-20-14)9-3-4-12(17)10(5-9)13(15)18/h3-5,7-8,17H,6H2,1-2H3,(H2,15,18)/t8-/m1/s1. The lowest BCUT2D eigenvalue weighted by Gasteiger charge is -2.06. The van der Waals surface area contributed by atoms with Crippen molar-refractivity contribution in [3.8, 4) is 17.0 Å². The van der Waals surface area contributed by atoms with Gasteiger partial charge in [0.2, 0.25) is 0 Å². The maximum absolute atomic E-state index is 11.2. The van der Waals surface area contributed by atoms with E-state index in [1.165, 1.54) is 6.07 Å². The molecule has 0 spiro atoms. The van der Waals surface area contributed by atoms with Crippen LogP contribution in [0.4, 0.5) is 0 Å². The van der Waals surface area contributed by atoms with Crippen molar-refractivity contribution in [3.63, 3.8) is 0 Å². The van der Waals surface area contributed by atoms with E-state index in [4.69, 9.17) is 10.5 Å². The average molecular weight is 292 g/mol. The van der Waals surface area contributed by atoms with Crippen LogP contribution in [0.3, 0.4) is 0 Å². The number of nitrogens with two attached hydrogens (primary N) is 1. The highest BCUT2D eigenvalue weighted by Crippen LogP contribution is 2.29. The van der Waals surface area contributed by atoms with Crippen LogP contribution in [0.5, 0.6) is 5.75 Å². The smallest absolute Gasteiger partial charge is 0.252 e. The summed E-state index contributed by atoms with van der Waals surface area (Å²) in [6.45, 7) is 2.65. The first-order valence-corrected chi connectivity index (χ1v) is 6.98. The van der Waals surface area contributed by atoms with E-state index < -0.39 is 5.91 Å². The average Bonchev–Trinajstić information content (AvgIpc) is 2.89. The summed E-state index contributed by atoms with van der Waals surface area (Å²) in [4.78, 5) is 15.8. The van der Waals surface area contributed by atoms with Crippen LogP contribution < -0.4 is 5.73 Å². The molecule has 0 saturated carbocycles. The monoisotopic (exact) mass is 292 g/mol. The third-order valence-electron chi connectivity index (χ3n) is 2.92. The molecule has 0 fully saturated rings. The van der Waals surface area contributed by atoms with Gasteiger partial charge in [0.25, 0.3) is 5.91 Å². The molecular weight excluding hydrogens is 276 g/mol. The Bertz CT molecular complexity index is 625. The minimum absolute atomic E-state index is 0.0991. The fraction of sp³-hybridized carbons (Fsp3) is 0.286. The highest BCUT2D eigenvalue weighted by atomic mass is 32.1. The van der Waals surface area contributed by atoms with Gasteiger partial charge in [-0.2, -0.15) is 0 Å². The molecule has 0 radical (unpaired) electrons. The number of thiazole rings is 1. The third-order valence-corrected chi connectivity index (χ3v) is 3.99. The lowest BCUT2D eigenvalue weighted by atomic mass is 10.1. The van der Waals surface area contributed by atoms with E-state index in [1.54, 1.807) is 30.6 Å². The van der Waals surface area contributed by atoms with Crippen LogP contribution in [0, 0.1) is 0 Å². The van der Waals surface area contributed by atoms with Crippen molar-refractivity contribution in [1.82, 2.24) is 4.98 Å². The first-order valence-electron chi connectivity index (χ1n) is 6.10. The Balaban J connectivity index is 2.33. The lowest BCUT2D eigenvalue weighted by molar-refractivity contribution is 0.0998. The predicted molar refractivity (Wildman–Crippen MR) is 78.0 cm³/mol. The number of carbonyl (C=O) groups excluding carboxylic acids is 1. The number of ether oxygens (including phenoxy) is 1. The van der Waals surface area contributed by atoms with E-state index in [-0.39, 0.29) is 17.2 Å². The molecule has 1 amide bonds. The van der Waals surface area contributed by atoms with Gasteiger partial charge >= 0.3 is 0 Å². The molecular formula is C14H16N2O3S. The van der Waals surface area contributed by atoms with Gasteiger partial charge < -0.3 is 15.6 Å². The summed E-state index contributed by atoms with van der Waals surface area (Å²) in [5, 5.41) is 12.5. The summed E-state index contributed by atoms with van der Waals surface area (Å²) < 4.78 is 5.11. The minimum Gasteiger partial charge on any atom is -0.507 e. The Kier molecular flexibility index (Phi) is 4.36. The Hall–Kier alpha value is -1.92. The molecule has 6 heteroatoms. The second-order valence-electron chi connectivity index (χ2n) is 4.52. The first kappa shape index (κ1) is 14.5. The number of phenols is 1. The van der Waals surface area contributed by atoms with Gasteiger partial charge in [-0.1, -0.05) is 6.92 Å². The topological polar surface area (TPSA) is 85.4 Å². The van der Waals surface area contributed by atoms with Crippen molar-refractivity contribution in [2.24, 2.45) is 5.73 Å². The summed E-state index contributed by atoms with van der Waals surface area (Å²) in [7, 11) is 1.66. The van der Waals surface area contributed by atoms with Crippen LogP contribution in [0.1, 0.15) is 28.2 Å². The maximum atomic E-state index is 11.2. The number of hydrogen-bond acceptors (Lipinski definition) is 5. The van der Waals surface area contributed by atoms with E-state index in [0.717, 1.165) is 16.3 Å². The zero-order chi connectivity index (χ0) is 14.7. The van der Waals surface area contributed by atoms with Gasteiger partial charge in [-0.05, 0) is 18.2 Å². The van der Waals surface area contributed by atoms with Gasteiger partial charge in [-0.3, -0.25) is 4.79 Å². The molecule has 1 heterocycles. The van der Waals surface area contributed by atoms with Crippen LogP contribution in [-0.4, -0.2) is 29.7 Å². The van der Waals surface area contributed by atoms with Crippen LogP contribution in [-0.2, 0) is 4.74 Å². The number of benzene rings is 1. The molecule has 0 aliphatic rings. The Labute approximate surface area is 121 Å². The molecule has 1 atom stereocenters. The number of carbonyl (C=O) groups is 1. The zero-order valence-electron chi connectivity index (χ0n) is 11.3. The van der Waals surface area contributed by atoms with Crippen LogP contribution >= 0.6 is 11.3 Å². The highest BCUT2D eigenvalue weighted by molar-refractivity contribution is 7.10. The fourth-order valence-electron chi connectivity index (χ4n) is 1.86. The largest absolute Gasteiger partial charge is 0.507 e. The van der Waals surface area contributed by atoms with E-state index in [2.05, 4.69) is 4.98 Å². The zero-order valence-corrected chi connectivity index (χ0v) is 12.1. The molecule has 0 saturated heterocycles. The first-order chi connectivity index (χ1) is 9.52. The Morgan fingerprint density at radius 1 is 1.55 bits per heavy atom. The lowest BCUT2D eigenvalue weighted by Crippen LogP contribution is -2.11. The summed E-state index contributed by atoms with van der Waals surface area (Å²) in [5.41, 5.74) is 6.83. The minimum atomic E-state index is -0.660. The van der Waals surface area contributed by atoms with Gasteiger partial charge in [0.05, 0.1) is 22.9 Å². The molecule has 1 aromatic heterocycles. The van der Waals surface area contributed by atoms with Crippen molar-refractivity contribution in [2.75, 3.05) is 13.7 Å². The summed E-state index contributed by atoms with van der Waals surface area (Å²) in [6.07, 6.45) is 0. The maximum Gasteiger partial charge on any atom is 0.252 e. The van der Waals surface area contributed by atoms with Crippen molar-refractivity contribution in [1.29, 1.82) is 0 Å². The fourth-order valence-corrected chi connectivity index (χ4v) is 2.73. The summed E-state index contributed by atoms with van der Waals surface area (Å²) in [5.74, 6) is -0.566. The molecule has 20 heavy (non-hydrogen) atoms. The second-order valence-corrected chi connectivity index (χ2v) is 5.41. The molecule has 2 rings (SSSR count). The van der Waals surface area contributed by atoms with Gasteiger partial charge in [0.1, 0.15) is 5.75 Å². The molecule has 0 aliphatic carbocycles. The van der Waals surface area contributed by atoms with Gasteiger partial charge in [0, 0.05) is 24.0 Å². The third kappa shape index (κ3) is 2.97. The molecule has 0 unspecified atom stereocenters. The van der Waals surface area contributed by atoms with E-state index in [1.807, 2.05) is 12.3 Å². The van der Waals surface area contributed by atoms with E-state index >= 15 is 0 Å². The van der Waals surface area contributed by atoms with Crippen molar-refractivity contribution in [3.05, 3.63) is 34.2 Å². The summed E-state index contributed by atoms with van der Waals surface area (Å²) >= 11 is 1.54. The molecule has 106 valence electrons. The van der Waals surface area contributed by atoms with Gasteiger partial charge in [-0.25, -0.2) is 4.98 Å². The number of aromatic nitrogens is 1. The van der Waals surface area contributed by atoms with Crippen molar-refractivity contribution in [2.45, 2.75) is 12.8 Å². The SMILES string of the molecule is COC[C@@H](C)c1nc(-c2ccc(O)c(C(N)=O)c2)cs1. The number of nitrogens with zero attached hydrogens (tertiary/aromatic N) is 1. The normalized spacial score (nSPS) is 12.3. The summed E-state index contributed by atoms with van der Waals surface area (Å²) in [6, 6.07) is 4.71. The van der Waals surface area contributed by atoms with Crippen LogP contribution in [0.2, 0.25) is 0 Å². The molecule has 3 N–H and O–H groups in total. The van der Waals surface area contributed by atoms with Crippen LogP contribution in [0.15, 0.2) is 23.6 Å². The second kappa shape index (κ2) is 6.02. The van der Waals surface area contributed by atoms with E-state index in [0.29, 0.717) is 6.61 Å². The molecule has 2 aromatic rings. The molecule has 0 aliphatic heterocycles. The number of primary amides is 1. The molecule has 5 nitrogen and oxygen atoms in total. The van der Waals surface area contributed by atoms with E-state index in [9.17, 15) is 9.90 Å². The molecule has 0 bridgehead atoms. The number of aromatic hydroxyl groups is 1. The number of hydrogen-bond donors (Lipinski definition) is 2. The van der Waals surface area contributed by atoms with Gasteiger partial charge in [-0.15, -0.1) is 11.3 Å². The van der Waals surface area contributed by atoms with Crippen LogP contribution in [0.25, 0.3) is 11.3 Å². The van der Waals surface area contributed by atoms with Crippen molar-refractivity contribution < 1.29 is 14.6 Å². The number of methoxy groups -OCH3 is 1. The van der Waals surface area contributed by atoms with Crippen molar-refractivity contribution >= 4 is 17.2 Å². The number of rotatable bonds is 5. The highest BCUT2D eigenvalue weighted by Gasteiger charge is 2.14. The number of amides is 1. The quantitative estimate of drug-likeness (QED) is 0.886. The molecule has 1 aromatic carbocycles. The van der Waals surface area contributed by atoms with Gasteiger partial charge in [0.15, 0.2) is 0 Å². The Morgan fingerprint density at radius 3 is 2.95 bits per heavy atom. The predicted octanol–water partition coefficient (Wildman–Crippen LogP) is 2.36.